The molecule has 2 aromatic heterocycles. The van der Waals surface area contributed by atoms with Gasteiger partial charge in [-0.15, -0.1) is 0 Å². The Labute approximate surface area is 148 Å². The molecule has 0 aliphatic rings. The third-order valence-electron chi connectivity index (χ3n) is 3.24. The van der Waals surface area contributed by atoms with Gasteiger partial charge in [-0.05, 0) is 36.4 Å². The van der Waals surface area contributed by atoms with E-state index in [9.17, 15) is 4.79 Å². The van der Waals surface area contributed by atoms with Gasteiger partial charge in [0.25, 0.3) is 5.91 Å². The number of amides is 1. The second kappa shape index (κ2) is 7.38. The number of nitrogens with one attached hydrogen (secondary N) is 2. The fraction of sp³-hybridized carbons (Fsp3) is 0.0588. The summed E-state index contributed by atoms with van der Waals surface area (Å²) < 4.78 is 5.23. The molecule has 0 aliphatic carbocycles. The Bertz CT molecular complexity index is 834. The van der Waals surface area contributed by atoms with E-state index in [4.69, 9.17) is 27.6 Å². The lowest BCUT2D eigenvalue weighted by atomic mass is 10.2. The third kappa shape index (κ3) is 3.88. The van der Waals surface area contributed by atoms with Crippen molar-refractivity contribution < 1.29 is 9.21 Å². The Kier molecular flexibility index (Phi) is 5.03. The zero-order chi connectivity index (χ0) is 16.9. The van der Waals surface area contributed by atoms with Crippen LogP contribution in [-0.2, 0) is 6.54 Å². The normalized spacial score (nSPS) is 10.4. The van der Waals surface area contributed by atoms with Crippen molar-refractivity contribution in [2.45, 2.75) is 6.54 Å². The Hall–Kier alpha value is -2.50. The van der Waals surface area contributed by atoms with E-state index in [0.29, 0.717) is 22.3 Å². The van der Waals surface area contributed by atoms with Crippen molar-refractivity contribution in [3.63, 3.8) is 0 Å². The quantitative estimate of drug-likeness (QED) is 0.681. The van der Waals surface area contributed by atoms with Crippen molar-refractivity contribution >= 4 is 40.5 Å². The highest BCUT2D eigenvalue weighted by Crippen LogP contribution is 2.29. The van der Waals surface area contributed by atoms with Crippen molar-refractivity contribution in [2.75, 3.05) is 10.6 Å². The average molecular weight is 362 g/mol. The molecule has 0 radical (unpaired) electrons. The van der Waals surface area contributed by atoms with Crippen LogP contribution in [0.2, 0.25) is 10.0 Å². The topological polar surface area (TPSA) is 67.2 Å². The van der Waals surface area contributed by atoms with Crippen molar-refractivity contribution in [3.05, 3.63) is 76.4 Å². The first-order chi connectivity index (χ1) is 11.6. The number of rotatable bonds is 5. The molecule has 0 aliphatic heterocycles. The number of halogens is 2. The molecule has 5 nitrogen and oxygen atoms in total. The second-order valence-corrected chi connectivity index (χ2v) is 5.71. The van der Waals surface area contributed by atoms with E-state index >= 15 is 0 Å². The fourth-order valence-corrected chi connectivity index (χ4v) is 2.37. The number of pyridine rings is 1. The Balaban J connectivity index is 1.64. The van der Waals surface area contributed by atoms with Crippen LogP contribution in [0.5, 0.6) is 0 Å². The lowest BCUT2D eigenvalue weighted by molar-refractivity contribution is 0.102. The Morgan fingerprint density at radius 3 is 2.71 bits per heavy atom. The van der Waals surface area contributed by atoms with E-state index in [1.807, 2.05) is 12.1 Å². The van der Waals surface area contributed by atoms with Crippen molar-refractivity contribution in [1.29, 1.82) is 0 Å². The minimum Gasteiger partial charge on any atom is -0.467 e. The van der Waals surface area contributed by atoms with Crippen LogP contribution in [0.15, 0.2) is 59.3 Å². The smallest absolute Gasteiger partial charge is 0.274 e. The minimum absolute atomic E-state index is 0.273. The maximum atomic E-state index is 12.2. The lowest BCUT2D eigenvalue weighted by Crippen LogP contribution is -2.14. The van der Waals surface area contributed by atoms with Gasteiger partial charge in [0.05, 0.1) is 40.4 Å². The third-order valence-corrected chi connectivity index (χ3v) is 4.06. The van der Waals surface area contributed by atoms with Gasteiger partial charge in [-0.2, -0.15) is 0 Å². The number of aromatic nitrogens is 1. The second-order valence-electron chi connectivity index (χ2n) is 4.92. The maximum absolute atomic E-state index is 12.2. The van der Waals surface area contributed by atoms with Gasteiger partial charge in [-0.3, -0.25) is 4.79 Å². The summed E-state index contributed by atoms with van der Waals surface area (Å²) in [7, 11) is 0. The molecule has 7 heteroatoms. The molecule has 122 valence electrons. The summed E-state index contributed by atoms with van der Waals surface area (Å²) in [5.74, 6) is 0.448. The number of anilines is 2. The first-order valence-electron chi connectivity index (χ1n) is 7.11. The summed E-state index contributed by atoms with van der Waals surface area (Å²) in [5.41, 5.74) is 1.49. The molecular formula is C17H13Cl2N3O2. The maximum Gasteiger partial charge on any atom is 0.274 e. The van der Waals surface area contributed by atoms with Crippen LogP contribution >= 0.6 is 23.2 Å². The summed E-state index contributed by atoms with van der Waals surface area (Å²) in [5, 5.41) is 6.51. The van der Waals surface area contributed by atoms with E-state index in [1.165, 1.54) is 0 Å². The van der Waals surface area contributed by atoms with Crippen LogP contribution in [0.3, 0.4) is 0 Å². The number of hydrogen-bond acceptors (Lipinski definition) is 4. The zero-order valence-corrected chi connectivity index (χ0v) is 13.9. The standard InChI is InChI=1S/C17H13Cl2N3O2/c18-13-4-1-5-14(16(13)19)22-17(23)15-7-6-11(9-21-15)20-10-12-3-2-8-24-12/h1-9,20H,10H2,(H,22,23). The number of carbonyl (C=O) groups excluding carboxylic acids is 1. The number of hydrogen-bond donors (Lipinski definition) is 2. The molecule has 1 amide bonds. The predicted octanol–water partition coefficient (Wildman–Crippen LogP) is 4.85. The molecule has 1 aromatic carbocycles. The highest BCUT2D eigenvalue weighted by molar-refractivity contribution is 6.44. The molecule has 0 fully saturated rings. The molecule has 3 rings (SSSR count). The summed E-state index contributed by atoms with van der Waals surface area (Å²) >= 11 is 12.0. The monoisotopic (exact) mass is 361 g/mol. The number of furan rings is 1. The molecule has 24 heavy (non-hydrogen) atoms. The van der Waals surface area contributed by atoms with Crippen LogP contribution in [0, 0.1) is 0 Å². The Morgan fingerprint density at radius 2 is 2.00 bits per heavy atom. The molecule has 0 saturated heterocycles. The van der Waals surface area contributed by atoms with Crippen LogP contribution in [-0.4, -0.2) is 10.9 Å². The highest BCUT2D eigenvalue weighted by atomic mass is 35.5. The van der Waals surface area contributed by atoms with Gasteiger partial charge in [0.1, 0.15) is 11.5 Å². The molecule has 0 saturated carbocycles. The van der Waals surface area contributed by atoms with Gasteiger partial charge < -0.3 is 15.1 Å². The van der Waals surface area contributed by atoms with Gasteiger partial charge in [0.2, 0.25) is 0 Å². The molecule has 0 spiro atoms. The van der Waals surface area contributed by atoms with E-state index < -0.39 is 0 Å². The van der Waals surface area contributed by atoms with E-state index in [0.717, 1.165) is 11.4 Å². The first-order valence-corrected chi connectivity index (χ1v) is 7.87. The molecule has 2 heterocycles. The Morgan fingerprint density at radius 1 is 1.12 bits per heavy atom. The summed E-state index contributed by atoms with van der Waals surface area (Å²) in [6.45, 7) is 0.540. The largest absolute Gasteiger partial charge is 0.467 e. The first kappa shape index (κ1) is 16.4. The molecule has 3 aromatic rings. The van der Waals surface area contributed by atoms with Gasteiger partial charge in [0.15, 0.2) is 0 Å². The minimum atomic E-state index is -0.364. The lowest BCUT2D eigenvalue weighted by Gasteiger charge is -2.08. The number of carbonyl (C=O) groups is 1. The number of benzene rings is 1. The average Bonchev–Trinajstić information content (AvgIpc) is 3.11. The SMILES string of the molecule is O=C(Nc1cccc(Cl)c1Cl)c1ccc(NCc2ccco2)cn1. The zero-order valence-electron chi connectivity index (χ0n) is 12.4. The van der Waals surface area contributed by atoms with Gasteiger partial charge in [0, 0.05) is 0 Å². The van der Waals surface area contributed by atoms with E-state index in [-0.39, 0.29) is 11.6 Å². The van der Waals surface area contributed by atoms with Crippen molar-refractivity contribution in [2.24, 2.45) is 0 Å². The predicted molar refractivity (Wildman–Crippen MR) is 94.7 cm³/mol. The van der Waals surface area contributed by atoms with Crippen molar-refractivity contribution in [1.82, 2.24) is 4.98 Å². The summed E-state index contributed by atoms with van der Waals surface area (Å²) in [4.78, 5) is 16.4. The van der Waals surface area contributed by atoms with Gasteiger partial charge in [-0.1, -0.05) is 29.3 Å². The van der Waals surface area contributed by atoms with E-state index in [1.54, 1.807) is 42.8 Å². The van der Waals surface area contributed by atoms with Crippen LogP contribution < -0.4 is 10.6 Å². The van der Waals surface area contributed by atoms with Crippen LogP contribution in [0.1, 0.15) is 16.2 Å². The molecule has 0 bridgehead atoms. The highest BCUT2D eigenvalue weighted by Gasteiger charge is 2.11. The van der Waals surface area contributed by atoms with Crippen molar-refractivity contribution in [3.8, 4) is 0 Å². The molecular weight excluding hydrogens is 349 g/mol. The summed E-state index contributed by atoms with van der Waals surface area (Å²) in [6, 6.07) is 12.1. The van der Waals surface area contributed by atoms with Gasteiger partial charge >= 0.3 is 0 Å². The van der Waals surface area contributed by atoms with Crippen LogP contribution in [0.25, 0.3) is 0 Å². The fourth-order valence-electron chi connectivity index (χ4n) is 2.02. The van der Waals surface area contributed by atoms with E-state index in [2.05, 4.69) is 15.6 Å². The molecule has 0 unspecified atom stereocenters. The molecule has 2 N–H and O–H groups in total. The summed E-state index contributed by atoms with van der Waals surface area (Å²) in [6.07, 6.45) is 3.20. The number of nitrogens with zero attached hydrogens (tertiary/aromatic N) is 1. The molecule has 0 atom stereocenters. The van der Waals surface area contributed by atoms with Gasteiger partial charge in [-0.25, -0.2) is 4.98 Å². The van der Waals surface area contributed by atoms with Crippen LogP contribution in [0.4, 0.5) is 11.4 Å².